The number of fused-ring (bicyclic) bond motifs is 3. The molecule has 34 heavy (non-hydrogen) atoms. The number of quaternary nitrogens is 1. The average Bonchev–Trinajstić information content (AvgIpc) is 3.33. The van der Waals surface area contributed by atoms with Crippen molar-refractivity contribution in [3.63, 3.8) is 0 Å². The summed E-state index contributed by atoms with van der Waals surface area (Å²) in [4.78, 5) is 4.43. The third-order valence-electron chi connectivity index (χ3n) is 7.84. The molecule has 3 aromatic rings. The molecule has 2 bridgehead atoms. The van der Waals surface area contributed by atoms with Gasteiger partial charge >= 0.3 is 6.18 Å². The Hall–Kier alpha value is -2.90. The first-order valence-electron chi connectivity index (χ1n) is 11.5. The van der Waals surface area contributed by atoms with E-state index in [-0.39, 0.29) is 12.1 Å². The fourth-order valence-electron chi connectivity index (χ4n) is 6.35. The number of hydrogen-bond acceptors (Lipinski definition) is 3. The van der Waals surface area contributed by atoms with Crippen molar-refractivity contribution >= 4 is 10.9 Å². The van der Waals surface area contributed by atoms with Crippen LogP contribution in [0.5, 0.6) is 5.75 Å². The maximum absolute atomic E-state index is 13.4. The summed E-state index contributed by atoms with van der Waals surface area (Å²) in [5.41, 5.74) is 1.52. The minimum absolute atomic E-state index is 0.0943. The van der Waals surface area contributed by atoms with Gasteiger partial charge in [0.15, 0.2) is 0 Å². The number of hydrogen-bond donors (Lipinski definition) is 1. The molecule has 2 saturated heterocycles. The van der Waals surface area contributed by atoms with Crippen LogP contribution in [0.4, 0.5) is 13.2 Å². The van der Waals surface area contributed by atoms with Crippen molar-refractivity contribution in [3.8, 4) is 5.75 Å². The van der Waals surface area contributed by atoms with Gasteiger partial charge in [0.2, 0.25) is 0 Å². The summed E-state index contributed by atoms with van der Waals surface area (Å²) in [6.45, 7) is 5.28. The number of aromatic nitrogens is 1. The highest BCUT2D eigenvalue weighted by Gasteiger charge is 2.60. The Bertz CT molecular complexity index is 1230. The van der Waals surface area contributed by atoms with Crippen molar-refractivity contribution in [3.05, 3.63) is 84.1 Å². The Labute approximate surface area is 196 Å². The van der Waals surface area contributed by atoms with Crippen LogP contribution in [0.1, 0.15) is 35.6 Å². The fourth-order valence-corrected chi connectivity index (χ4v) is 6.35. The minimum Gasteiger partial charge on any atom is -0.497 e. The van der Waals surface area contributed by atoms with Gasteiger partial charge in [0.1, 0.15) is 30.5 Å². The van der Waals surface area contributed by atoms with Gasteiger partial charge in [0.05, 0.1) is 24.7 Å². The monoisotopic (exact) mass is 469 g/mol. The first kappa shape index (κ1) is 22.9. The van der Waals surface area contributed by atoms with Crippen LogP contribution >= 0.6 is 0 Å². The van der Waals surface area contributed by atoms with Gasteiger partial charge in [0, 0.05) is 35.9 Å². The molecule has 1 N–H and O–H groups in total. The fraction of sp³-hybridized carbons (Fsp3) is 0.370. The standard InChI is InChI=1S/C27H28F3N2O2/c1-3-24-18-10-12-32(24,16-17-5-4-6-19(13-17)27(28,29)30)25(14-18)26(33)21-9-11-31-23-8-7-20(34-2)15-22(21)23/h3-9,11,13,15,18,24-26,33H,1,10,12,14,16H2,2H3/q+1/t18?,24?,25?,26-,32?/m1/s1. The Morgan fingerprint density at radius 2 is 2.06 bits per heavy atom. The molecular formula is C27H28F3N2O2+. The molecule has 2 aromatic carbocycles. The van der Waals surface area contributed by atoms with Crippen molar-refractivity contribution in [2.24, 2.45) is 5.92 Å². The largest absolute Gasteiger partial charge is 0.497 e. The topological polar surface area (TPSA) is 42.4 Å². The van der Waals surface area contributed by atoms with Gasteiger partial charge < -0.3 is 14.3 Å². The van der Waals surface area contributed by atoms with Crippen LogP contribution in [0.3, 0.4) is 0 Å². The second-order valence-electron chi connectivity index (χ2n) is 9.49. The van der Waals surface area contributed by atoms with E-state index in [0.717, 1.165) is 41.9 Å². The number of benzene rings is 2. The van der Waals surface area contributed by atoms with Crippen molar-refractivity contribution in [1.29, 1.82) is 0 Å². The lowest BCUT2D eigenvalue weighted by atomic mass is 9.89. The van der Waals surface area contributed by atoms with Crippen LogP contribution in [-0.4, -0.2) is 40.3 Å². The summed E-state index contributed by atoms with van der Waals surface area (Å²) < 4.78 is 46.0. The van der Waals surface area contributed by atoms with Crippen molar-refractivity contribution < 1.29 is 27.5 Å². The molecular weight excluding hydrogens is 441 g/mol. The summed E-state index contributed by atoms with van der Waals surface area (Å²) in [6.07, 6.45) is 0.217. The number of ether oxygens (including phenoxy) is 1. The first-order chi connectivity index (χ1) is 16.3. The second-order valence-corrected chi connectivity index (χ2v) is 9.49. The van der Waals surface area contributed by atoms with Gasteiger partial charge in [-0.25, -0.2) is 0 Å². The van der Waals surface area contributed by atoms with Crippen molar-refractivity contribution in [1.82, 2.24) is 4.98 Å². The van der Waals surface area contributed by atoms with E-state index in [1.165, 1.54) is 12.1 Å². The molecule has 1 aromatic heterocycles. The number of rotatable bonds is 6. The molecule has 178 valence electrons. The predicted molar refractivity (Wildman–Crippen MR) is 124 cm³/mol. The molecule has 5 atom stereocenters. The third-order valence-corrected chi connectivity index (χ3v) is 7.84. The lowest BCUT2D eigenvalue weighted by Gasteiger charge is -2.44. The van der Waals surface area contributed by atoms with Gasteiger partial charge in [-0.05, 0) is 48.0 Å². The molecule has 5 rings (SSSR count). The highest BCUT2D eigenvalue weighted by Crippen LogP contribution is 2.52. The summed E-state index contributed by atoms with van der Waals surface area (Å²) in [7, 11) is 1.60. The van der Waals surface area contributed by atoms with Gasteiger partial charge in [-0.15, -0.1) is 0 Å². The molecule has 0 radical (unpaired) electrons. The third kappa shape index (κ3) is 3.67. The molecule has 7 heteroatoms. The van der Waals surface area contributed by atoms with Crippen LogP contribution < -0.4 is 4.74 Å². The number of aliphatic hydroxyl groups is 1. The Kier molecular flexibility index (Phi) is 5.65. The van der Waals surface area contributed by atoms with Crippen molar-refractivity contribution in [2.45, 2.75) is 43.8 Å². The van der Waals surface area contributed by atoms with Crippen LogP contribution in [0, 0.1) is 5.92 Å². The van der Waals surface area contributed by atoms with E-state index < -0.39 is 17.8 Å². The average molecular weight is 470 g/mol. The second kappa shape index (κ2) is 8.40. The number of alkyl halides is 3. The molecule has 2 aliphatic heterocycles. The van der Waals surface area contributed by atoms with Crippen molar-refractivity contribution in [2.75, 3.05) is 13.7 Å². The zero-order chi connectivity index (χ0) is 24.1. The predicted octanol–water partition coefficient (Wildman–Crippen LogP) is 5.66. The van der Waals surface area contributed by atoms with Crippen LogP contribution in [-0.2, 0) is 12.7 Å². The molecule has 4 nitrogen and oxygen atoms in total. The molecule has 2 fully saturated rings. The number of aliphatic hydroxyl groups excluding tert-OH is 1. The summed E-state index contributed by atoms with van der Waals surface area (Å²) >= 11 is 0. The highest BCUT2D eigenvalue weighted by atomic mass is 19.4. The van der Waals surface area contributed by atoms with E-state index in [0.29, 0.717) is 28.3 Å². The summed E-state index contributed by atoms with van der Waals surface area (Å²) in [5, 5.41) is 12.6. The summed E-state index contributed by atoms with van der Waals surface area (Å²) in [6, 6.07) is 12.9. The van der Waals surface area contributed by atoms with E-state index in [1.807, 2.05) is 30.3 Å². The van der Waals surface area contributed by atoms with Gasteiger partial charge in [-0.3, -0.25) is 4.98 Å². The number of pyridine rings is 1. The van der Waals surface area contributed by atoms with Gasteiger partial charge in [-0.1, -0.05) is 18.7 Å². The highest BCUT2D eigenvalue weighted by molar-refractivity contribution is 5.83. The van der Waals surface area contributed by atoms with Crippen LogP contribution in [0.15, 0.2) is 67.4 Å². The zero-order valence-electron chi connectivity index (χ0n) is 19.0. The molecule has 0 spiro atoms. The Morgan fingerprint density at radius 1 is 1.24 bits per heavy atom. The Balaban J connectivity index is 1.56. The normalized spacial score (nSPS) is 27.1. The lowest BCUT2D eigenvalue weighted by Crippen LogP contribution is -2.56. The van der Waals surface area contributed by atoms with E-state index in [9.17, 15) is 18.3 Å². The lowest BCUT2D eigenvalue weighted by molar-refractivity contribution is -0.964. The molecule has 0 saturated carbocycles. The van der Waals surface area contributed by atoms with E-state index in [1.54, 1.807) is 19.4 Å². The number of piperidine rings is 1. The maximum Gasteiger partial charge on any atom is 0.416 e. The smallest absolute Gasteiger partial charge is 0.416 e. The molecule has 2 aliphatic rings. The first-order valence-corrected chi connectivity index (χ1v) is 11.5. The number of methoxy groups -OCH3 is 1. The maximum atomic E-state index is 13.4. The zero-order valence-corrected chi connectivity index (χ0v) is 19.0. The van der Waals surface area contributed by atoms with E-state index in [2.05, 4.69) is 11.6 Å². The number of halogens is 3. The molecule has 0 aliphatic carbocycles. The Morgan fingerprint density at radius 3 is 2.79 bits per heavy atom. The molecule has 0 amide bonds. The molecule has 3 heterocycles. The SMILES string of the molecule is C=CC1C2CC[N+]1(Cc1cccc(C(F)(F)F)c1)C([C@H](O)c1ccnc3ccc(OC)cc13)C2. The van der Waals surface area contributed by atoms with Crippen LogP contribution in [0.2, 0.25) is 0 Å². The van der Waals surface area contributed by atoms with Gasteiger partial charge in [-0.2, -0.15) is 13.2 Å². The number of nitrogens with zero attached hydrogens (tertiary/aromatic N) is 2. The van der Waals surface area contributed by atoms with E-state index in [4.69, 9.17) is 4.74 Å². The summed E-state index contributed by atoms with van der Waals surface area (Å²) in [5.74, 6) is 1.03. The van der Waals surface area contributed by atoms with E-state index >= 15 is 0 Å². The minimum atomic E-state index is -4.39. The van der Waals surface area contributed by atoms with Crippen LogP contribution in [0.25, 0.3) is 10.9 Å². The quantitative estimate of drug-likeness (QED) is 0.374. The van der Waals surface area contributed by atoms with Gasteiger partial charge in [0.25, 0.3) is 0 Å². The molecule has 4 unspecified atom stereocenters.